The fraction of sp³-hybridized carbons (Fsp3) is 0.333. The zero-order chi connectivity index (χ0) is 21.6. The number of carboxylic acid groups (broad SMARTS) is 2. The van der Waals surface area contributed by atoms with Gasteiger partial charge in [-0.1, -0.05) is 38.1 Å². The van der Waals surface area contributed by atoms with Gasteiger partial charge in [0.1, 0.15) is 0 Å². The number of para-hydroxylation sites is 1. The number of pyridine rings is 1. The summed E-state index contributed by atoms with van der Waals surface area (Å²) in [6.07, 6.45) is 1.45. The van der Waals surface area contributed by atoms with E-state index in [-0.39, 0.29) is 5.91 Å². The number of rotatable bonds is 9. The summed E-state index contributed by atoms with van der Waals surface area (Å²) < 4.78 is 0. The Hall–Kier alpha value is -3.26. The molecule has 0 aliphatic heterocycles. The summed E-state index contributed by atoms with van der Waals surface area (Å²) in [6, 6.07) is 11.9. The fourth-order valence-corrected chi connectivity index (χ4v) is 2.47. The summed E-state index contributed by atoms with van der Waals surface area (Å²) in [4.78, 5) is 37.9. The van der Waals surface area contributed by atoms with Crippen molar-refractivity contribution in [1.29, 1.82) is 0 Å². The van der Waals surface area contributed by atoms with Crippen LogP contribution in [0.15, 0.2) is 48.6 Å². The molecule has 1 heterocycles. The van der Waals surface area contributed by atoms with Crippen LogP contribution in [0.1, 0.15) is 19.5 Å². The van der Waals surface area contributed by atoms with Crippen LogP contribution in [0, 0.1) is 0 Å². The predicted molar refractivity (Wildman–Crippen MR) is 111 cm³/mol. The van der Waals surface area contributed by atoms with E-state index in [1.165, 1.54) is 0 Å². The van der Waals surface area contributed by atoms with Crippen molar-refractivity contribution < 1.29 is 24.6 Å². The molecule has 1 aromatic heterocycles. The Balaban J connectivity index is 0.000000447. The van der Waals surface area contributed by atoms with Crippen molar-refractivity contribution in [2.75, 3.05) is 26.2 Å². The lowest BCUT2D eigenvalue weighted by molar-refractivity contribution is -0.134. The number of likely N-dealkylation sites (N-methyl/N-ethyl adjacent to an activating group) is 1. The molecule has 0 unspecified atom stereocenters. The maximum atomic E-state index is 11.9. The lowest BCUT2D eigenvalue weighted by Crippen LogP contribution is -2.35. The molecule has 3 N–H and O–H groups in total. The van der Waals surface area contributed by atoms with Crippen LogP contribution >= 0.6 is 0 Å². The van der Waals surface area contributed by atoms with E-state index in [2.05, 4.69) is 29.0 Å². The first-order chi connectivity index (χ1) is 13.8. The molecule has 0 atom stereocenters. The monoisotopic (exact) mass is 401 g/mol. The molecule has 2 rings (SSSR count). The lowest BCUT2D eigenvalue weighted by atomic mass is 10.2. The molecular formula is C21H27N3O5. The molecule has 0 fully saturated rings. The summed E-state index contributed by atoms with van der Waals surface area (Å²) >= 11 is 0. The van der Waals surface area contributed by atoms with E-state index in [0.29, 0.717) is 25.1 Å². The molecule has 0 saturated carbocycles. The van der Waals surface area contributed by atoms with E-state index in [1.807, 2.05) is 36.4 Å². The summed E-state index contributed by atoms with van der Waals surface area (Å²) in [6.45, 7) is 7.86. The van der Waals surface area contributed by atoms with Crippen molar-refractivity contribution in [2.45, 2.75) is 20.3 Å². The number of carbonyl (C=O) groups excluding carboxylic acids is 1. The second-order valence-electron chi connectivity index (χ2n) is 6.06. The summed E-state index contributed by atoms with van der Waals surface area (Å²) in [5, 5.41) is 19.7. The zero-order valence-electron chi connectivity index (χ0n) is 16.7. The molecule has 0 aliphatic rings. The van der Waals surface area contributed by atoms with Crippen LogP contribution in [-0.2, 0) is 20.8 Å². The standard InChI is InChI=1S/C17H23N3O.C4H4O4/c1-3-20(4-2)12-11-18-17(21)13-15-10-9-14-7-5-6-8-16(14)19-15;5-3(6)1-2-4(7)8/h5-10H,3-4,11-13H2,1-2H3,(H,18,21);1-2H,(H,5,6)(H,7,8). The van der Waals surface area contributed by atoms with Gasteiger partial charge in [0.05, 0.1) is 17.6 Å². The van der Waals surface area contributed by atoms with Gasteiger partial charge < -0.3 is 20.4 Å². The minimum absolute atomic E-state index is 0.0323. The molecule has 0 saturated heterocycles. The number of nitrogens with zero attached hydrogens (tertiary/aromatic N) is 2. The van der Waals surface area contributed by atoms with E-state index in [9.17, 15) is 14.4 Å². The van der Waals surface area contributed by atoms with Gasteiger partial charge in [-0.2, -0.15) is 0 Å². The molecule has 8 nitrogen and oxygen atoms in total. The van der Waals surface area contributed by atoms with E-state index in [1.54, 1.807) is 0 Å². The number of carbonyl (C=O) groups is 3. The van der Waals surface area contributed by atoms with E-state index < -0.39 is 11.9 Å². The van der Waals surface area contributed by atoms with Gasteiger partial charge in [-0.15, -0.1) is 0 Å². The molecule has 2 aromatic rings. The number of amides is 1. The Morgan fingerprint density at radius 3 is 2.21 bits per heavy atom. The van der Waals surface area contributed by atoms with Crippen molar-refractivity contribution in [2.24, 2.45) is 0 Å². The highest BCUT2D eigenvalue weighted by atomic mass is 16.4. The quantitative estimate of drug-likeness (QED) is 0.549. The Morgan fingerprint density at radius 2 is 1.62 bits per heavy atom. The lowest BCUT2D eigenvalue weighted by Gasteiger charge is -2.17. The minimum atomic E-state index is -1.26. The van der Waals surface area contributed by atoms with Crippen LogP contribution < -0.4 is 5.32 Å². The Morgan fingerprint density at radius 1 is 1.00 bits per heavy atom. The van der Waals surface area contributed by atoms with Gasteiger partial charge in [-0.05, 0) is 25.2 Å². The number of aliphatic carboxylic acids is 2. The summed E-state index contributed by atoms with van der Waals surface area (Å²) in [5.41, 5.74) is 1.75. The van der Waals surface area contributed by atoms with Gasteiger partial charge in [-0.25, -0.2) is 9.59 Å². The third-order valence-electron chi connectivity index (χ3n) is 4.01. The molecule has 29 heavy (non-hydrogen) atoms. The highest BCUT2D eigenvalue weighted by molar-refractivity contribution is 5.89. The van der Waals surface area contributed by atoms with Crippen molar-refractivity contribution in [3.8, 4) is 0 Å². The van der Waals surface area contributed by atoms with Crippen LogP contribution in [0.3, 0.4) is 0 Å². The maximum Gasteiger partial charge on any atom is 0.328 e. The fourth-order valence-electron chi connectivity index (χ4n) is 2.47. The molecule has 0 aliphatic carbocycles. The Labute approximate surface area is 169 Å². The minimum Gasteiger partial charge on any atom is -0.478 e. The molecule has 0 spiro atoms. The molecular weight excluding hydrogens is 374 g/mol. The normalized spacial score (nSPS) is 10.6. The molecule has 0 radical (unpaired) electrons. The largest absolute Gasteiger partial charge is 0.478 e. The van der Waals surface area contributed by atoms with E-state index in [4.69, 9.17) is 10.2 Å². The summed E-state index contributed by atoms with van der Waals surface area (Å²) in [7, 11) is 0. The summed E-state index contributed by atoms with van der Waals surface area (Å²) in [5.74, 6) is -2.48. The van der Waals surface area contributed by atoms with Crippen molar-refractivity contribution in [3.63, 3.8) is 0 Å². The Bertz CT molecular complexity index is 831. The third kappa shape index (κ3) is 10.0. The third-order valence-corrected chi connectivity index (χ3v) is 4.01. The van der Waals surface area contributed by atoms with Crippen LogP contribution in [0.25, 0.3) is 10.9 Å². The smallest absolute Gasteiger partial charge is 0.328 e. The van der Waals surface area contributed by atoms with Crippen LogP contribution in [0.4, 0.5) is 0 Å². The Kier molecular flexibility index (Phi) is 10.7. The topological polar surface area (TPSA) is 120 Å². The average Bonchev–Trinajstić information content (AvgIpc) is 2.70. The SMILES string of the molecule is CCN(CC)CCNC(=O)Cc1ccc2ccccc2n1.O=C(O)C=CC(=O)O. The highest BCUT2D eigenvalue weighted by Crippen LogP contribution is 2.11. The molecule has 1 amide bonds. The zero-order valence-corrected chi connectivity index (χ0v) is 16.7. The van der Waals surface area contributed by atoms with Gasteiger partial charge >= 0.3 is 11.9 Å². The molecule has 8 heteroatoms. The first kappa shape index (κ1) is 23.8. The first-order valence-corrected chi connectivity index (χ1v) is 9.33. The van der Waals surface area contributed by atoms with Crippen molar-refractivity contribution >= 4 is 28.7 Å². The van der Waals surface area contributed by atoms with Gasteiger partial charge in [0.25, 0.3) is 0 Å². The average molecular weight is 401 g/mol. The first-order valence-electron chi connectivity index (χ1n) is 9.33. The number of carboxylic acids is 2. The number of hydrogen-bond acceptors (Lipinski definition) is 5. The number of aromatic nitrogens is 1. The second kappa shape index (κ2) is 13.0. The van der Waals surface area contributed by atoms with Gasteiger partial charge in [-0.3, -0.25) is 9.78 Å². The molecule has 156 valence electrons. The van der Waals surface area contributed by atoms with Crippen molar-refractivity contribution in [1.82, 2.24) is 15.2 Å². The number of benzene rings is 1. The van der Waals surface area contributed by atoms with Crippen molar-refractivity contribution in [3.05, 3.63) is 54.2 Å². The molecule has 1 aromatic carbocycles. The van der Waals surface area contributed by atoms with Crippen LogP contribution in [0.5, 0.6) is 0 Å². The van der Waals surface area contributed by atoms with Crippen LogP contribution in [-0.4, -0.2) is 64.1 Å². The predicted octanol–water partition coefficient (Wildman–Crippen LogP) is 1.95. The number of nitrogens with one attached hydrogen (secondary N) is 1. The number of hydrogen-bond donors (Lipinski definition) is 3. The van der Waals surface area contributed by atoms with Gasteiger partial charge in [0.2, 0.25) is 5.91 Å². The van der Waals surface area contributed by atoms with Crippen LogP contribution in [0.2, 0.25) is 0 Å². The molecule has 0 bridgehead atoms. The highest BCUT2D eigenvalue weighted by Gasteiger charge is 2.06. The maximum absolute atomic E-state index is 11.9. The van der Waals surface area contributed by atoms with E-state index in [0.717, 1.165) is 36.2 Å². The second-order valence-corrected chi connectivity index (χ2v) is 6.06. The van der Waals surface area contributed by atoms with Gasteiger partial charge in [0.15, 0.2) is 0 Å². The van der Waals surface area contributed by atoms with E-state index >= 15 is 0 Å². The number of fused-ring (bicyclic) bond motifs is 1. The van der Waals surface area contributed by atoms with Gasteiger partial charge in [0, 0.05) is 30.6 Å².